The first-order chi connectivity index (χ1) is 8.74. The van der Waals surface area contributed by atoms with Crippen molar-refractivity contribution >= 4 is 33.7 Å². The van der Waals surface area contributed by atoms with Gasteiger partial charge in [-0.05, 0) is 6.07 Å². The number of nitro groups is 1. The van der Waals surface area contributed by atoms with Crippen molar-refractivity contribution in [3.8, 4) is 0 Å². The molecule has 0 fully saturated rings. The highest BCUT2D eigenvalue weighted by Crippen LogP contribution is 2.34. The number of para-hydroxylation sites is 2. The van der Waals surface area contributed by atoms with Gasteiger partial charge in [0.25, 0.3) is 5.69 Å². The number of fused-ring (bicyclic) bond motifs is 3. The van der Waals surface area contributed by atoms with Crippen LogP contribution in [0, 0.1) is 10.1 Å². The zero-order chi connectivity index (χ0) is 12.7. The predicted molar refractivity (Wildman–Crippen MR) is 72.5 cm³/mol. The fourth-order valence-corrected chi connectivity index (χ4v) is 2.37. The molecule has 88 valence electrons. The highest BCUT2D eigenvalue weighted by atomic mass is 16.6. The van der Waals surface area contributed by atoms with E-state index in [1.807, 2.05) is 30.3 Å². The summed E-state index contributed by atoms with van der Waals surface area (Å²) in [6.45, 7) is 3.74. The van der Waals surface area contributed by atoms with E-state index in [1.165, 1.54) is 6.07 Å². The molecular formula is C14H10N2O2. The molecule has 1 heterocycles. The summed E-state index contributed by atoms with van der Waals surface area (Å²) in [4.78, 5) is 10.8. The Labute approximate surface area is 103 Å². The number of benzene rings is 2. The zero-order valence-corrected chi connectivity index (χ0v) is 9.54. The number of aromatic nitrogens is 1. The molecule has 3 aromatic rings. The minimum atomic E-state index is -0.360. The Morgan fingerprint density at radius 2 is 1.83 bits per heavy atom. The van der Waals surface area contributed by atoms with Gasteiger partial charge in [-0.25, -0.2) is 0 Å². The highest BCUT2D eigenvalue weighted by Gasteiger charge is 2.18. The molecule has 2 aromatic carbocycles. The Morgan fingerprint density at radius 1 is 1.11 bits per heavy atom. The zero-order valence-electron chi connectivity index (χ0n) is 9.54. The smallest absolute Gasteiger partial charge is 0.293 e. The number of hydrogen-bond acceptors (Lipinski definition) is 2. The Morgan fingerprint density at radius 3 is 2.56 bits per heavy atom. The first-order valence-electron chi connectivity index (χ1n) is 5.52. The molecule has 0 saturated carbocycles. The Balaban J connectivity index is 2.64. The molecule has 3 rings (SSSR count). The van der Waals surface area contributed by atoms with Gasteiger partial charge in [0.05, 0.1) is 10.4 Å². The van der Waals surface area contributed by atoms with Gasteiger partial charge in [-0.15, -0.1) is 0 Å². The van der Waals surface area contributed by atoms with Gasteiger partial charge < -0.3 is 4.57 Å². The minimum Gasteiger partial charge on any atom is -0.311 e. The fraction of sp³-hybridized carbons (Fsp3) is 0. The van der Waals surface area contributed by atoms with E-state index < -0.39 is 0 Å². The normalized spacial score (nSPS) is 10.9. The second-order valence-corrected chi connectivity index (χ2v) is 4.00. The van der Waals surface area contributed by atoms with Crippen molar-refractivity contribution in [3.05, 3.63) is 59.2 Å². The molecule has 4 nitrogen and oxygen atoms in total. The van der Waals surface area contributed by atoms with Crippen molar-refractivity contribution in [3.63, 3.8) is 0 Å². The number of hydrogen-bond donors (Lipinski definition) is 0. The van der Waals surface area contributed by atoms with Crippen molar-refractivity contribution in [2.24, 2.45) is 0 Å². The van der Waals surface area contributed by atoms with E-state index in [9.17, 15) is 10.1 Å². The molecule has 0 amide bonds. The molecule has 0 aliphatic heterocycles. The maximum atomic E-state index is 11.1. The maximum Gasteiger partial charge on any atom is 0.293 e. The molecular weight excluding hydrogens is 228 g/mol. The number of rotatable bonds is 2. The van der Waals surface area contributed by atoms with E-state index in [2.05, 4.69) is 6.58 Å². The van der Waals surface area contributed by atoms with Crippen LogP contribution in [-0.4, -0.2) is 9.49 Å². The highest BCUT2D eigenvalue weighted by molar-refractivity contribution is 6.12. The molecule has 0 aliphatic rings. The van der Waals surface area contributed by atoms with E-state index >= 15 is 0 Å². The first kappa shape index (κ1) is 10.5. The Kier molecular flexibility index (Phi) is 2.16. The topological polar surface area (TPSA) is 48.1 Å². The summed E-state index contributed by atoms with van der Waals surface area (Å²) in [5, 5.41) is 13.0. The van der Waals surface area contributed by atoms with Crippen LogP contribution in [0.1, 0.15) is 0 Å². The van der Waals surface area contributed by atoms with Crippen LogP contribution in [0.2, 0.25) is 0 Å². The average molecular weight is 238 g/mol. The van der Waals surface area contributed by atoms with Crippen molar-refractivity contribution in [1.82, 2.24) is 4.57 Å². The molecule has 0 bridgehead atoms. The molecule has 0 radical (unpaired) electrons. The van der Waals surface area contributed by atoms with Crippen LogP contribution in [-0.2, 0) is 0 Å². The average Bonchev–Trinajstić information content (AvgIpc) is 2.72. The predicted octanol–water partition coefficient (Wildman–Crippen LogP) is 3.80. The minimum absolute atomic E-state index is 0.101. The maximum absolute atomic E-state index is 11.1. The van der Waals surface area contributed by atoms with Crippen molar-refractivity contribution < 1.29 is 4.92 Å². The lowest BCUT2D eigenvalue weighted by Crippen LogP contribution is -1.92. The van der Waals surface area contributed by atoms with Gasteiger partial charge in [-0.1, -0.05) is 36.9 Å². The number of non-ortho nitro benzene ring substituents is 1. The van der Waals surface area contributed by atoms with Crippen molar-refractivity contribution in [1.29, 1.82) is 0 Å². The summed E-state index contributed by atoms with van der Waals surface area (Å²) < 4.78 is 1.77. The quantitative estimate of drug-likeness (QED) is 0.503. The van der Waals surface area contributed by atoms with Crippen molar-refractivity contribution in [2.45, 2.75) is 0 Å². The second kappa shape index (κ2) is 3.70. The summed E-state index contributed by atoms with van der Waals surface area (Å²) in [6, 6.07) is 12.8. The molecule has 0 aliphatic carbocycles. The summed E-state index contributed by atoms with van der Waals surface area (Å²) in [7, 11) is 0. The van der Waals surface area contributed by atoms with Gasteiger partial charge in [-0.2, -0.15) is 0 Å². The van der Waals surface area contributed by atoms with Crippen LogP contribution < -0.4 is 0 Å². The lowest BCUT2D eigenvalue weighted by molar-refractivity contribution is -0.383. The second-order valence-electron chi connectivity index (χ2n) is 4.00. The summed E-state index contributed by atoms with van der Waals surface area (Å²) in [6.07, 6.45) is 1.61. The van der Waals surface area contributed by atoms with Crippen molar-refractivity contribution in [2.75, 3.05) is 0 Å². The van der Waals surface area contributed by atoms with Crippen LogP contribution in [0.4, 0.5) is 5.69 Å². The van der Waals surface area contributed by atoms with E-state index in [-0.39, 0.29) is 10.6 Å². The van der Waals surface area contributed by atoms with Crippen LogP contribution in [0.25, 0.3) is 28.0 Å². The Bertz CT molecular complexity index is 787. The SMILES string of the molecule is C=Cn1c2ccccc2c2cccc([N+](=O)[O-])c21. The molecule has 0 spiro atoms. The van der Waals surface area contributed by atoms with Crippen LogP contribution in [0.3, 0.4) is 0 Å². The third kappa shape index (κ3) is 1.26. The molecule has 0 unspecified atom stereocenters. The lowest BCUT2D eigenvalue weighted by Gasteiger charge is -1.99. The first-order valence-corrected chi connectivity index (χ1v) is 5.52. The summed E-state index contributed by atoms with van der Waals surface area (Å²) in [5.41, 5.74) is 1.62. The van der Waals surface area contributed by atoms with Gasteiger partial charge in [0.1, 0.15) is 5.52 Å². The van der Waals surface area contributed by atoms with Gasteiger partial charge >= 0.3 is 0 Å². The van der Waals surface area contributed by atoms with E-state index in [4.69, 9.17) is 0 Å². The molecule has 0 saturated heterocycles. The van der Waals surface area contributed by atoms with Crippen LogP contribution >= 0.6 is 0 Å². The molecule has 0 N–H and O–H groups in total. The van der Waals surface area contributed by atoms with E-state index in [1.54, 1.807) is 16.8 Å². The monoisotopic (exact) mass is 238 g/mol. The van der Waals surface area contributed by atoms with E-state index in [0.717, 1.165) is 16.3 Å². The summed E-state index contributed by atoms with van der Waals surface area (Å²) in [5.74, 6) is 0. The van der Waals surface area contributed by atoms with Crippen LogP contribution in [0.15, 0.2) is 49.0 Å². The largest absolute Gasteiger partial charge is 0.311 e. The molecule has 18 heavy (non-hydrogen) atoms. The van der Waals surface area contributed by atoms with Crippen LogP contribution in [0.5, 0.6) is 0 Å². The number of nitrogens with zero attached hydrogens (tertiary/aromatic N) is 2. The third-order valence-electron chi connectivity index (χ3n) is 3.09. The van der Waals surface area contributed by atoms with E-state index in [0.29, 0.717) is 5.52 Å². The molecule has 1 aromatic heterocycles. The standard InChI is InChI=1S/C14H10N2O2/c1-2-15-12-8-4-3-6-10(12)11-7-5-9-13(14(11)15)16(17)18/h2-9H,1H2. The third-order valence-corrected chi connectivity index (χ3v) is 3.09. The number of nitro benzene ring substituents is 1. The summed E-state index contributed by atoms with van der Waals surface area (Å²) >= 11 is 0. The Hall–Kier alpha value is -2.62. The van der Waals surface area contributed by atoms with Gasteiger partial charge in [-0.3, -0.25) is 10.1 Å². The fourth-order valence-electron chi connectivity index (χ4n) is 2.37. The lowest BCUT2D eigenvalue weighted by atomic mass is 10.1. The molecule has 0 atom stereocenters. The van der Waals surface area contributed by atoms with Gasteiger partial charge in [0, 0.05) is 23.0 Å². The molecule has 4 heteroatoms. The van der Waals surface area contributed by atoms with Gasteiger partial charge in [0.15, 0.2) is 0 Å². The van der Waals surface area contributed by atoms with Gasteiger partial charge in [0.2, 0.25) is 0 Å².